The summed E-state index contributed by atoms with van der Waals surface area (Å²) in [5.74, 6) is 0.182. The minimum absolute atomic E-state index is 0.0834. The first-order chi connectivity index (χ1) is 9.72. The van der Waals surface area contributed by atoms with E-state index in [1.54, 1.807) is 24.3 Å². The van der Waals surface area contributed by atoms with Crippen molar-refractivity contribution in [3.63, 3.8) is 0 Å². The van der Waals surface area contributed by atoms with Crippen molar-refractivity contribution in [1.82, 2.24) is 0 Å². The average molecular weight is 268 g/mol. The molecular formula is C17H13FO2. The molecule has 0 amide bonds. The summed E-state index contributed by atoms with van der Waals surface area (Å²) in [5.41, 5.74) is 0.720. The lowest BCUT2D eigenvalue weighted by Crippen LogP contribution is -1.96. The van der Waals surface area contributed by atoms with Gasteiger partial charge in [-0.05, 0) is 40.6 Å². The highest BCUT2D eigenvalue weighted by molar-refractivity contribution is 5.85. The number of halogens is 1. The van der Waals surface area contributed by atoms with Crippen molar-refractivity contribution < 1.29 is 14.2 Å². The number of ether oxygens (including phenoxy) is 1. The van der Waals surface area contributed by atoms with E-state index >= 15 is 0 Å². The van der Waals surface area contributed by atoms with Gasteiger partial charge in [-0.2, -0.15) is 0 Å². The molecule has 3 rings (SSSR count). The van der Waals surface area contributed by atoms with Gasteiger partial charge in [0.2, 0.25) is 0 Å². The molecule has 100 valence electrons. The van der Waals surface area contributed by atoms with E-state index in [0.717, 1.165) is 16.3 Å². The molecule has 0 atom stereocenters. The summed E-state index contributed by atoms with van der Waals surface area (Å²) < 4.78 is 18.6. The minimum atomic E-state index is -0.297. The molecule has 3 aromatic carbocycles. The summed E-state index contributed by atoms with van der Waals surface area (Å²) in [6.07, 6.45) is 0. The van der Waals surface area contributed by atoms with E-state index in [1.807, 2.05) is 24.3 Å². The fraction of sp³-hybridized carbons (Fsp3) is 0.0588. The number of phenols is 1. The molecule has 0 saturated heterocycles. The fourth-order valence-electron chi connectivity index (χ4n) is 2.11. The molecule has 0 heterocycles. The Kier molecular flexibility index (Phi) is 3.25. The largest absolute Gasteiger partial charge is 0.504 e. The zero-order valence-electron chi connectivity index (χ0n) is 10.7. The van der Waals surface area contributed by atoms with Crippen molar-refractivity contribution in [2.24, 2.45) is 0 Å². The average Bonchev–Trinajstić information content (AvgIpc) is 2.45. The third-order valence-electron chi connectivity index (χ3n) is 3.11. The van der Waals surface area contributed by atoms with Gasteiger partial charge in [0, 0.05) is 0 Å². The number of benzene rings is 3. The number of rotatable bonds is 3. The zero-order chi connectivity index (χ0) is 13.9. The Bertz CT molecular complexity index is 753. The molecular weight excluding hydrogens is 255 g/mol. The maximum atomic E-state index is 13.1. The normalized spacial score (nSPS) is 10.7. The number of aromatic hydroxyl groups is 1. The first kappa shape index (κ1) is 12.5. The summed E-state index contributed by atoms with van der Waals surface area (Å²) in [7, 11) is 0. The Morgan fingerprint density at radius 2 is 1.65 bits per heavy atom. The third-order valence-corrected chi connectivity index (χ3v) is 3.11. The van der Waals surface area contributed by atoms with Gasteiger partial charge in [-0.15, -0.1) is 0 Å². The maximum Gasteiger partial charge on any atom is 0.162 e. The van der Waals surface area contributed by atoms with Gasteiger partial charge >= 0.3 is 0 Å². The molecule has 0 spiro atoms. The van der Waals surface area contributed by atoms with Crippen molar-refractivity contribution in [2.75, 3.05) is 0 Å². The second-order valence-corrected chi connectivity index (χ2v) is 4.59. The summed E-state index contributed by atoms with van der Waals surface area (Å²) in [6.45, 7) is 0.212. The van der Waals surface area contributed by atoms with Crippen LogP contribution >= 0.6 is 0 Å². The number of hydrogen-bond acceptors (Lipinski definition) is 2. The van der Waals surface area contributed by atoms with E-state index in [9.17, 15) is 9.50 Å². The first-order valence-corrected chi connectivity index (χ1v) is 6.31. The van der Waals surface area contributed by atoms with Crippen LogP contribution in [0.2, 0.25) is 0 Å². The molecule has 0 fully saturated rings. The molecule has 3 aromatic rings. The molecule has 0 aromatic heterocycles. The van der Waals surface area contributed by atoms with Crippen LogP contribution < -0.4 is 4.74 Å². The summed E-state index contributed by atoms with van der Waals surface area (Å²) in [6, 6.07) is 17.4. The smallest absolute Gasteiger partial charge is 0.162 e. The van der Waals surface area contributed by atoms with Gasteiger partial charge in [-0.3, -0.25) is 0 Å². The summed E-state index contributed by atoms with van der Waals surface area (Å²) >= 11 is 0. The zero-order valence-corrected chi connectivity index (χ0v) is 10.7. The van der Waals surface area contributed by atoms with Crippen LogP contribution in [0.5, 0.6) is 11.5 Å². The molecule has 2 nitrogen and oxygen atoms in total. The quantitative estimate of drug-likeness (QED) is 0.769. The highest BCUT2D eigenvalue weighted by Gasteiger charge is 2.05. The summed E-state index contributed by atoms with van der Waals surface area (Å²) in [4.78, 5) is 0. The molecule has 0 radical (unpaired) electrons. The van der Waals surface area contributed by atoms with E-state index in [0.29, 0.717) is 5.75 Å². The standard InChI is InChI=1S/C17H13FO2/c18-15-7-3-4-12(8-15)11-20-17-10-14-6-2-1-5-13(14)9-16(17)19/h1-10,19H,11H2. The van der Waals surface area contributed by atoms with Gasteiger partial charge in [-0.25, -0.2) is 4.39 Å². The van der Waals surface area contributed by atoms with Crippen molar-refractivity contribution in [1.29, 1.82) is 0 Å². The fourth-order valence-corrected chi connectivity index (χ4v) is 2.11. The lowest BCUT2D eigenvalue weighted by atomic mass is 10.1. The van der Waals surface area contributed by atoms with Crippen molar-refractivity contribution in [3.8, 4) is 11.5 Å². The lowest BCUT2D eigenvalue weighted by molar-refractivity contribution is 0.289. The van der Waals surface area contributed by atoms with Crippen molar-refractivity contribution >= 4 is 10.8 Å². The topological polar surface area (TPSA) is 29.5 Å². The Balaban J connectivity index is 1.85. The van der Waals surface area contributed by atoms with Crippen LogP contribution in [0.4, 0.5) is 4.39 Å². The van der Waals surface area contributed by atoms with Gasteiger partial charge in [0.15, 0.2) is 11.5 Å². The van der Waals surface area contributed by atoms with E-state index in [-0.39, 0.29) is 18.2 Å². The highest BCUT2D eigenvalue weighted by atomic mass is 19.1. The van der Waals surface area contributed by atoms with E-state index in [1.165, 1.54) is 12.1 Å². The molecule has 0 unspecified atom stereocenters. The van der Waals surface area contributed by atoms with Gasteiger partial charge < -0.3 is 9.84 Å². The van der Waals surface area contributed by atoms with E-state index in [2.05, 4.69) is 0 Å². The Morgan fingerprint density at radius 1 is 0.900 bits per heavy atom. The number of phenolic OH excluding ortho intramolecular Hbond substituents is 1. The number of fused-ring (bicyclic) bond motifs is 1. The van der Waals surface area contributed by atoms with Crippen molar-refractivity contribution in [2.45, 2.75) is 6.61 Å². The highest BCUT2D eigenvalue weighted by Crippen LogP contribution is 2.31. The van der Waals surface area contributed by atoms with Crippen LogP contribution in [0.25, 0.3) is 10.8 Å². The SMILES string of the molecule is Oc1cc2ccccc2cc1OCc1cccc(F)c1. The second kappa shape index (κ2) is 5.21. The van der Waals surface area contributed by atoms with Crippen LogP contribution in [-0.2, 0) is 6.61 Å². The van der Waals surface area contributed by atoms with Gasteiger partial charge in [0.05, 0.1) is 0 Å². The van der Waals surface area contributed by atoms with Crippen LogP contribution in [0, 0.1) is 5.82 Å². The van der Waals surface area contributed by atoms with Gasteiger partial charge in [0.25, 0.3) is 0 Å². The second-order valence-electron chi connectivity index (χ2n) is 4.59. The molecule has 3 heteroatoms. The van der Waals surface area contributed by atoms with E-state index < -0.39 is 0 Å². The molecule has 0 aliphatic heterocycles. The van der Waals surface area contributed by atoms with Crippen molar-refractivity contribution in [3.05, 3.63) is 72.0 Å². The van der Waals surface area contributed by atoms with Crippen LogP contribution in [0.3, 0.4) is 0 Å². The number of hydrogen-bond donors (Lipinski definition) is 1. The Hall–Kier alpha value is -2.55. The molecule has 0 aliphatic carbocycles. The van der Waals surface area contributed by atoms with E-state index in [4.69, 9.17) is 4.74 Å². The minimum Gasteiger partial charge on any atom is -0.504 e. The monoisotopic (exact) mass is 268 g/mol. The Morgan fingerprint density at radius 3 is 2.40 bits per heavy atom. The molecule has 1 N–H and O–H groups in total. The lowest BCUT2D eigenvalue weighted by Gasteiger charge is -2.09. The van der Waals surface area contributed by atoms with Crippen LogP contribution in [0.15, 0.2) is 60.7 Å². The molecule has 20 heavy (non-hydrogen) atoms. The summed E-state index contributed by atoms with van der Waals surface area (Å²) in [5, 5.41) is 11.9. The maximum absolute atomic E-state index is 13.1. The van der Waals surface area contributed by atoms with Gasteiger partial charge in [0.1, 0.15) is 12.4 Å². The van der Waals surface area contributed by atoms with Crippen LogP contribution in [0.1, 0.15) is 5.56 Å². The molecule has 0 aliphatic rings. The van der Waals surface area contributed by atoms with Crippen LogP contribution in [-0.4, -0.2) is 5.11 Å². The van der Waals surface area contributed by atoms with Gasteiger partial charge in [-0.1, -0.05) is 36.4 Å². The molecule has 0 bridgehead atoms. The third kappa shape index (κ3) is 2.57. The first-order valence-electron chi connectivity index (χ1n) is 6.31. The Labute approximate surface area is 116 Å². The molecule has 0 saturated carbocycles. The predicted octanol–water partition coefficient (Wildman–Crippen LogP) is 4.26. The predicted molar refractivity (Wildman–Crippen MR) is 76.3 cm³/mol.